The molecule has 180 valence electrons. The van der Waals surface area contributed by atoms with Crippen molar-refractivity contribution in [3.05, 3.63) is 86.9 Å². The molecule has 3 aromatic rings. The van der Waals surface area contributed by atoms with Crippen LogP contribution in [0.15, 0.2) is 58.8 Å². The zero-order valence-corrected chi connectivity index (χ0v) is 21.3. The number of hydrogen-bond acceptors (Lipinski definition) is 4. The van der Waals surface area contributed by atoms with E-state index in [1.807, 2.05) is 36.6 Å². The first-order chi connectivity index (χ1) is 16.1. The van der Waals surface area contributed by atoms with Crippen molar-refractivity contribution in [1.82, 2.24) is 9.21 Å². The second-order valence-electron chi connectivity index (χ2n) is 8.96. The third kappa shape index (κ3) is 5.56. The molecular weight excluding hydrogens is 471 g/mol. The molecular formula is C26H29FN2O3S2. The fraction of sp³-hybridized carbons (Fsp3) is 0.346. The van der Waals surface area contributed by atoms with E-state index in [1.165, 1.54) is 16.4 Å². The summed E-state index contributed by atoms with van der Waals surface area (Å²) in [7, 11) is -3.85. The minimum absolute atomic E-state index is 0.163. The van der Waals surface area contributed by atoms with Gasteiger partial charge in [-0.25, -0.2) is 12.8 Å². The van der Waals surface area contributed by atoms with E-state index in [9.17, 15) is 17.6 Å². The number of halogens is 1. The molecule has 0 bridgehead atoms. The molecule has 0 radical (unpaired) electrons. The Kier molecular flexibility index (Phi) is 7.21. The molecule has 2 aromatic carbocycles. The van der Waals surface area contributed by atoms with Gasteiger partial charge in [-0.2, -0.15) is 4.31 Å². The quantitative estimate of drug-likeness (QED) is 0.406. The minimum atomic E-state index is -3.85. The summed E-state index contributed by atoms with van der Waals surface area (Å²) >= 11 is 1.54. The van der Waals surface area contributed by atoms with Crippen molar-refractivity contribution in [3.8, 4) is 0 Å². The second-order valence-corrected chi connectivity index (χ2v) is 11.8. The van der Waals surface area contributed by atoms with Crippen LogP contribution in [0.2, 0.25) is 0 Å². The van der Waals surface area contributed by atoms with Gasteiger partial charge in [0.2, 0.25) is 15.9 Å². The SMILES string of the molecule is Cc1cc(C)c(S(=O)(=O)N(CC(=O)N(Cc2ccc(F)cc2)Cc2cccs2)C2CC2)c(C)c1. The van der Waals surface area contributed by atoms with Crippen molar-refractivity contribution in [1.29, 1.82) is 0 Å². The van der Waals surface area contributed by atoms with Crippen molar-refractivity contribution in [2.75, 3.05) is 6.54 Å². The Morgan fingerprint density at radius 3 is 2.24 bits per heavy atom. The molecule has 0 N–H and O–H groups in total. The van der Waals surface area contributed by atoms with E-state index < -0.39 is 10.0 Å². The van der Waals surface area contributed by atoms with Crippen LogP contribution in [0.3, 0.4) is 0 Å². The first-order valence-electron chi connectivity index (χ1n) is 11.3. The molecule has 1 aliphatic carbocycles. The number of sulfonamides is 1. The number of rotatable bonds is 9. The summed E-state index contributed by atoms with van der Waals surface area (Å²) in [6.45, 7) is 5.98. The van der Waals surface area contributed by atoms with Crippen LogP contribution < -0.4 is 0 Å². The van der Waals surface area contributed by atoms with Crippen LogP contribution in [0.25, 0.3) is 0 Å². The third-order valence-corrected chi connectivity index (χ3v) is 9.05. The second kappa shape index (κ2) is 9.98. The summed E-state index contributed by atoms with van der Waals surface area (Å²) in [5, 5.41) is 1.94. The van der Waals surface area contributed by atoms with E-state index in [2.05, 4.69) is 0 Å². The summed E-state index contributed by atoms with van der Waals surface area (Å²) < 4.78 is 42.3. The highest BCUT2D eigenvalue weighted by Gasteiger charge is 2.41. The summed E-state index contributed by atoms with van der Waals surface area (Å²) in [5.74, 6) is -0.606. The zero-order valence-electron chi connectivity index (χ0n) is 19.6. The van der Waals surface area contributed by atoms with Gasteiger partial charge in [-0.1, -0.05) is 35.9 Å². The van der Waals surface area contributed by atoms with Gasteiger partial charge in [-0.3, -0.25) is 4.79 Å². The van der Waals surface area contributed by atoms with Crippen LogP contribution in [0.1, 0.15) is 40.0 Å². The maximum Gasteiger partial charge on any atom is 0.244 e. The Morgan fingerprint density at radius 2 is 1.68 bits per heavy atom. The van der Waals surface area contributed by atoms with E-state index in [0.29, 0.717) is 22.6 Å². The molecule has 0 saturated heterocycles. The number of thiophene rings is 1. The Hall–Kier alpha value is -2.55. The van der Waals surface area contributed by atoms with Crippen molar-refractivity contribution < 1.29 is 17.6 Å². The lowest BCUT2D eigenvalue weighted by Gasteiger charge is -2.28. The van der Waals surface area contributed by atoms with Crippen molar-refractivity contribution in [3.63, 3.8) is 0 Å². The van der Waals surface area contributed by atoms with Crippen LogP contribution >= 0.6 is 11.3 Å². The summed E-state index contributed by atoms with van der Waals surface area (Å²) in [4.78, 5) is 16.5. The van der Waals surface area contributed by atoms with Crippen LogP contribution in [0, 0.1) is 26.6 Å². The minimum Gasteiger partial charge on any atom is -0.332 e. The first-order valence-corrected chi connectivity index (χ1v) is 13.6. The van der Waals surface area contributed by atoms with Gasteiger partial charge in [0.15, 0.2) is 0 Å². The maximum atomic E-state index is 13.8. The largest absolute Gasteiger partial charge is 0.332 e. The summed E-state index contributed by atoms with van der Waals surface area (Å²) in [6, 6.07) is 13.5. The summed E-state index contributed by atoms with van der Waals surface area (Å²) in [6.07, 6.45) is 1.50. The average Bonchev–Trinajstić information content (AvgIpc) is 3.46. The van der Waals surface area contributed by atoms with Crippen LogP contribution in [-0.2, 0) is 27.9 Å². The maximum absolute atomic E-state index is 13.8. The number of aryl methyl sites for hydroxylation is 3. The number of hydrogen-bond donors (Lipinski definition) is 0. The molecule has 0 aliphatic heterocycles. The molecule has 1 saturated carbocycles. The monoisotopic (exact) mass is 500 g/mol. The van der Waals surface area contributed by atoms with Gasteiger partial charge in [0.05, 0.1) is 18.0 Å². The Balaban J connectivity index is 1.62. The fourth-order valence-corrected chi connectivity index (χ4v) is 7.10. The normalized spacial score (nSPS) is 13.9. The van der Waals surface area contributed by atoms with Gasteiger partial charge < -0.3 is 4.90 Å². The van der Waals surface area contributed by atoms with E-state index in [1.54, 1.807) is 42.2 Å². The number of benzene rings is 2. The number of carbonyl (C=O) groups excluding carboxylic acids is 1. The molecule has 0 unspecified atom stereocenters. The topological polar surface area (TPSA) is 57.7 Å². The molecule has 1 aliphatic rings. The summed E-state index contributed by atoms with van der Waals surface area (Å²) in [5.41, 5.74) is 3.18. The number of nitrogens with zero attached hydrogens (tertiary/aromatic N) is 2. The molecule has 1 fully saturated rings. The van der Waals surface area contributed by atoms with Crippen LogP contribution in [0.4, 0.5) is 4.39 Å². The lowest BCUT2D eigenvalue weighted by molar-refractivity contribution is -0.132. The van der Waals surface area contributed by atoms with E-state index >= 15 is 0 Å². The fourth-order valence-electron chi connectivity index (χ4n) is 4.33. The molecule has 34 heavy (non-hydrogen) atoms. The molecule has 1 aromatic heterocycles. The highest BCUT2D eigenvalue weighted by Crippen LogP contribution is 2.34. The van der Waals surface area contributed by atoms with Crippen molar-refractivity contribution >= 4 is 27.3 Å². The van der Waals surface area contributed by atoms with Crippen LogP contribution in [0.5, 0.6) is 0 Å². The number of amides is 1. The van der Waals surface area contributed by atoms with Crippen molar-refractivity contribution in [2.24, 2.45) is 0 Å². The van der Waals surface area contributed by atoms with E-state index in [4.69, 9.17) is 0 Å². The Labute approximate surface area is 204 Å². The predicted octanol–water partition coefficient (Wildman–Crippen LogP) is 5.19. The molecule has 0 spiro atoms. The van der Waals surface area contributed by atoms with Crippen LogP contribution in [-0.4, -0.2) is 36.1 Å². The molecule has 1 amide bonds. The Morgan fingerprint density at radius 1 is 1.03 bits per heavy atom. The number of carbonyl (C=O) groups is 1. The average molecular weight is 501 g/mol. The van der Waals surface area contributed by atoms with Gasteiger partial charge in [0.25, 0.3) is 0 Å². The van der Waals surface area contributed by atoms with Gasteiger partial charge in [-0.05, 0) is 73.9 Å². The lowest BCUT2D eigenvalue weighted by atomic mass is 10.1. The van der Waals surface area contributed by atoms with Gasteiger partial charge in [0, 0.05) is 17.5 Å². The van der Waals surface area contributed by atoms with E-state index in [-0.39, 0.29) is 30.9 Å². The first kappa shape index (κ1) is 24.6. The lowest BCUT2D eigenvalue weighted by Crippen LogP contribution is -2.43. The molecule has 0 atom stereocenters. The highest BCUT2D eigenvalue weighted by atomic mass is 32.2. The smallest absolute Gasteiger partial charge is 0.244 e. The standard InChI is InChI=1S/C26H29FN2O3S2/c1-18-13-19(2)26(20(3)14-18)34(31,32)29(23-10-11-23)17-25(30)28(16-24-5-4-12-33-24)15-21-6-8-22(27)9-7-21/h4-9,12-14,23H,10-11,15-17H2,1-3H3. The highest BCUT2D eigenvalue weighted by molar-refractivity contribution is 7.89. The van der Waals surface area contributed by atoms with Gasteiger partial charge in [-0.15, -0.1) is 11.3 Å². The van der Waals surface area contributed by atoms with E-state index in [0.717, 1.165) is 28.8 Å². The van der Waals surface area contributed by atoms with Gasteiger partial charge >= 0.3 is 0 Å². The molecule has 5 nitrogen and oxygen atoms in total. The Bertz CT molecular complexity index is 1240. The predicted molar refractivity (Wildman–Crippen MR) is 133 cm³/mol. The molecule has 8 heteroatoms. The molecule has 1 heterocycles. The molecule has 4 rings (SSSR count). The van der Waals surface area contributed by atoms with Gasteiger partial charge in [0.1, 0.15) is 5.82 Å². The van der Waals surface area contributed by atoms with Crippen molar-refractivity contribution in [2.45, 2.75) is 57.6 Å². The zero-order chi connectivity index (χ0) is 24.5. The third-order valence-electron chi connectivity index (χ3n) is 5.98.